The zero-order chi connectivity index (χ0) is 14.7. The van der Waals surface area contributed by atoms with Gasteiger partial charge < -0.3 is 15.8 Å². The van der Waals surface area contributed by atoms with E-state index in [1.54, 1.807) is 39.2 Å². The second-order valence-corrected chi connectivity index (χ2v) is 4.30. The van der Waals surface area contributed by atoms with Crippen molar-refractivity contribution in [1.82, 2.24) is 20.2 Å². The molecule has 0 spiro atoms. The van der Waals surface area contributed by atoms with Gasteiger partial charge in [-0.2, -0.15) is 4.68 Å². The van der Waals surface area contributed by atoms with Crippen LogP contribution in [-0.4, -0.2) is 39.3 Å². The van der Waals surface area contributed by atoms with Crippen LogP contribution >= 0.6 is 0 Å². The lowest BCUT2D eigenvalue weighted by Gasteiger charge is -2.12. The predicted molar refractivity (Wildman–Crippen MR) is 72.7 cm³/mol. The number of nitrogens with zero attached hydrogens (tertiary/aromatic N) is 4. The highest BCUT2D eigenvalue weighted by Gasteiger charge is 2.13. The van der Waals surface area contributed by atoms with Crippen LogP contribution in [0.4, 0.5) is 5.69 Å². The molecule has 2 rings (SSSR count). The van der Waals surface area contributed by atoms with E-state index in [2.05, 4.69) is 20.8 Å². The Morgan fingerprint density at radius 2 is 2.25 bits per heavy atom. The number of tetrazole rings is 1. The molecule has 8 nitrogen and oxygen atoms in total. The summed E-state index contributed by atoms with van der Waals surface area (Å²) in [6.07, 6.45) is 0. The molecule has 1 amide bonds. The van der Waals surface area contributed by atoms with Gasteiger partial charge in [-0.15, -0.1) is 5.10 Å². The fourth-order valence-electron chi connectivity index (χ4n) is 1.64. The predicted octanol–water partition coefficient (Wildman–Crippen LogP) is 0.265. The van der Waals surface area contributed by atoms with Gasteiger partial charge in [0.1, 0.15) is 11.4 Å². The first kappa shape index (κ1) is 13.9. The summed E-state index contributed by atoms with van der Waals surface area (Å²) >= 11 is 0. The number of benzene rings is 1. The number of nitrogens with two attached hydrogens (primary N) is 1. The van der Waals surface area contributed by atoms with Gasteiger partial charge in [0.2, 0.25) is 5.91 Å². The molecule has 1 aromatic carbocycles. The number of hydrogen-bond donors (Lipinski definition) is 2. The minimum absolute atomic E-state index is 0.269. The normalized spacial score (nSPS) is 12.0. The summed E-state index contributed by atoms with van der Waals surface area (Å²) in [4.78, 5) is 11.6. The van der Waals surface area contributed by atoms with Gasteiger partial charge in [0, 0.05) is 5.69 Å². The van der Waals surface area contributed by atoms with Crippen molar-refractivity contribution >= 4 is 11.6 Å². The first-order valence-electron chi connectivity index (χ1n) is 6.02. The number of carbonyl (C=O) groups excluding carboxylic acids is 1. The Morgan fingerprint density at radius 3 is 2.80 bits per heavy atom. The number of nitrogens with one attached hydrogen (secondary N) is 1. The Kier molecular flexibility index (Phi) is 3.94. The molecule has 8 heteroatoms. The molecular formula is C12H16N6O2. The van der Waals surface area contributed by atoms with Crippen LogP contribution in [-0.2, 0) is 4.79 Å². The summed E-state index contributed by atoms with van der Waals surface area (Å²) in [6, 6.07) is 4.59. The average molecular weight is 276 g/mol. The van der Waals surface area contributed by atoms with Crippen molar-refractivity contribution in [1.29, 1.82) is 0 Å². The van der Waals surface area contributed by atoms with Gasteiger partial charge in [0.05, 0.1) is 13.2 Å². The van der Waals surface area contributed by atoms with Crippen LogP contribution in [0.25, 0.3) is 5.69 Å². The maximum atomic E-state index is 11.6. The number of aromatic nitrogens is 4. The summed E-state index contributed by atoms with van der Waals surface area (Å²) < 4.78 is 6.81. The number of carbonyl (C=O) groups is 1. The van der Waals surface area contributed by atoms with Crippen molar-refractivity contribution in [2.45, 2.75) is 19.9 Å². The summed E-state index contributed by atoms with van der Waals surface area (Å²) in [7, 11) is 1.55. The topological polar surface area (TPSA) is 108 Å². The van der Waals surface area contributed by atoms with Gasteiger partial charge >= 0.3 is 0 Å². The lowest BCUT2D eigenvalue weighted by Crippen LogP contribution is -2.32. The third-order valence-corrected chi connectivity index (χ3v) is 2.71. The van der Waals surface area contributed by atoms with Gasteiger partial charge in [0.25, 0.3) is 0 Å². The Hall–Kier alpha value is -2.48. The van der Waals surface area contributed by atoms with E-state index in [0.29, 0.717) is 22.9 Å². The highest BCUT2D eigenvalue weighted by molar-refractivity contribution is 5.94. The van der Waals surface area contributed by atoms with E-state index in [9.17, 15) is 4.79 Å². The van der Waals surface area contributed by atoms with E-state index in [1.165, 1.54) is 4.68 Å². The molecule has 1 atom stereocenters. The van der Waals surface area contributed by atoms with Crippen molar-refractivity contribution in [2.75, 3.05) is 12.4 Å². The smallest absolute Gasteiger partial charge is 0.240 e. The Morgan fingerprint density at radius 1 is 1.50 bits per heavy atom. The monoisotopic (exact) mass is 276 g/mol. The molecule has 0 aliphatic rings. The zero-order valence-electron chi connectivity index (χ0n) is 11.5. The van der Waals surface area contributed by atoms with E-state index >= 15 is 0 Å². The number of ether oxygens (including phenoxy) is 1. The van der Waals surface area contributed by atoms with Crippen LogP contribution < -0.4 is 15.8 Å². The molecule has 3 N–H and O–H groups in total. The molecule has 1 heterocycles. The fraction of sp³-hybridized carbons (Fsp3) is 0.333. The molecule has 20 heavy (non-hydrogen) atoms. The van der Waals surface area contributed by atoms with Crippen LogP contribution in [0.5, 0.6) is 5.75 Å². The summed E-state index contributed by atoms with van der Waals surface area (Å²) in [5.74, 6) is 0.938. The zero-order valence-corrected chi connectivity index (χ0v) is 11.5. The number of amides is 1. The SMILES string of the molecule is COc1ccc(NC(=O)[C@H](C)N)cc1-n1nnnc1C. The number of hydrogen-bond acceptors (Lipinski definition) is 6. The van der Waals surface area contributed by atoms with E-state index in [-0.39, 0.29) is 5.91 Å². The van der Waals surface area contributed by atoms with E-state index in [4.69, 9.17) is 10.5 Å². The molecule has 0 aliphatic heterocycles. The van der Waals surface area contributed by atoms with Crippen molar-refractivity contribution in [3.63, 3.8) is 0 Å². The van der Waals surface area contributed by atoms with Crippen molar-refractivity contribution in [2.24, 2.45) is 5.73 Å². The van der Waals surface area contributed by atoms with Crippen molar-refractivity contribution in [3.05, 3.63) is 24.0 Å². The third-order valence-electron chi connectivity index (χ3n) is 2.71. The van der Waals surface area contributed by atoms with Crippen LogP contribution in [0.3, 0.4) is 0 Å². The molecule has 0 saturated carbocycles. The van der Waals surface area contributed by atoms with Crippen molar-refractivity contribution < 1.29 is 9.53 Å². The quantitative estimate of drug-likeness (QED) is 0.829. The van der Waals surface area contributed by atoms with E-state index in [0.717, 1.165) is 0 Å². The molecule has 0 unspecified atom stereocenters. The van der Waals surface area contributed by atoms with Crippen LogP contribution in [0.15, 0.2) is 18.2 Å². The summed E-state index contributed by atoms with van der Waals surface area (Å²) in [6.45, 7) is 3.39. The molecule has 0 bridgehead atoms. The maximum absolute atomic E-state index is 11.6. The molecule has 0 aliphatic carbocycles. The second-order valence-electron chi connectivity index (χ2n) is 4.30. The first-order chi connectivity index (χ1) is 9.52. The summed E-state index contributed by atoms with van der Waals surface area (Å²) in [5, 5.41) is 14.0. The Labute approximate surface area is 115 Å². The molecule has 0 saturated heterocycles. The number of anilines is 1. The number of methoxy groups -OCH3 is 1. The second kappa shape index (κ2) is 5.66. The van der Waals surface area contributed by atoms with Gasteiger partial charge in [-0.1, -0.05) is 0 Å². The average Bonchev–Trinajstić information content (AvgIpc) is 2.84. The standard InChI is InChI=1S/C12H16N6O2/c1-7(13)12(19)14-9-4-5-11(20-3)10(6-9)18-8(2)15-16-17-18/h4-7H,13H2,1-3H3,(H,14,19)/t7-/m0/s1. The largest absolute Gasteiger partial charge is 0.494 e. The van der Waals surface area contributed by atoms with Gasteiger partial charge in [0.15, 0.2) is 5.82 Å². The third kappa shape index (κ3) is 2.75. The number of rotatable bonds is 4. The molecule has 1 aromatic heterocycles. The molecule has 0 fully saturated rings. The Bertz CT molecular complexity index is 622. The maximum Gasteiger partial charge on any atom is 0.240 e. The lowest BCUT2D eigenvalue weighted by molar-refractivity contribution is -0.117. The van der Waals surface area contributed by atoms with Gasteiger partial charge in [-0.25, -0.2) is 0 Å². The molecule has 2 aromatic rings. The highest BCUT2D eigenvalue weighted by Crippen LogP contribution is 2.26. The van der Waals surface area contributed by atoms with Gasteiger partial charge in [-0.3, -0.25) is 4.79 Å². The molecular weight excluding hydrogens is 260 g/mol. The van der Waals surface area contributed by atoms with E-state index in [1.807, 2.05) is 0 Å². The van der Waals surface area contributed by atoms with Crippen LogP contribution in [0.1, 0.15) is 12.7 Å². The Balaban J connectivity index is 2.40. The first-order valence-corrected chi connectivity index (χ1v) is 6.02. The highest BCUT2D eigenvalue weighted by atomic mass is 16.5. The summed E-state index contributed by atoms with van der Waals surface area (Å²) in [5.41, 5.74) is 6.75. The van der Waals surface area contributed by atoms with Crippen LogP contribution in [0.2, 0.25) is 0 Å². The number of aryl methyl sites for hydroxylation is 1. The molecule has 106 valence electrons. The molecule has 0 radical (unpaired) electrons. The van der Waals surface area contributed by atoms with Crippen LogP contribution in [0, 0.1) is 6.92 Å². The minimum Gasteiger partial charge on any atom is -0.494 e. The van der Waals surface area contributed by atoms with Crippen molar-refractivity contribution in [3.8, 4) is 11.4 Å². The van der Waals surface area contributed by atoms with E-state index < -0.39 is 6.04 Å². The van der Waals surface area contributed by atoms with Gasteiger partial charge in [-0.05, 0) is 42.5 Å². The lowest BCUT2D eigenvalue weighted by atomic mass is 10.2. The fourth-order valence-corrected chi connectivity index (χ4v) is 1.64. The minimum atomic E-state index is -0.588.